The molecule has 150 valence electrons. The van der Waals surface area contributed by atoms with E-state index in [9.17, 15) is 14.0 Å². The summed E-state index contributed by atoms with van der Waals surface area (Å²) in [5.41, 5.74) is 0.660. The average Bonchev–Trinajstić information content (AvgIpc) is 3.04. The summed E-state index contributed by atoms with van der Waals surface area (Å²) in [5.74, 6) is -0.653. The first-order valence-corrected chi connectivity index (χ1v) is 10.3. The second-order valence-electron chi connectivity index (χ2n) is 5.97. The Labute approximate surface area is 179 Å². The van der Waals surface area contributed by atoms with E-state index in [1.54, 1.807) is 29.8 Å². The highest BCUT2D eigenvalue weighted by Crippen LogP contribution is 2.18. The zero-order valence-corrected chi connectivity index (χ0v) is 17.8. The molecule has 7 nitrogen and oxygen atoms in total. The van der Waals surface area contributed by atoms with Crippen LogP contribution in [0.4, 0.5) is 10.1 Å². The third-order valence-corrected chi connectivity index (χ3v) is 5.40. The Morgan fingerprint density at radius 1 is 1.17 bits per heavy atom. The number of aromatic nitrogens is 3. The standard InChI is InChI=1S/C19H17BrFN5O2S/c1-26-16(10-22-18(28)14-7-2-3-8-15(14)21)24-25-19(26)29-11-17(27)23-13-6-4-5-12(20)9-13/h2-9H,10-11H2,1H3,(H,22,28)(H,23,27). The lowest BCUT2D eigenvalue weighted by Crippen LogP contribution is -2.25. The molecule has 0 saturated heterocycles. The van der Waals surface area contributed by atoms with Gasteiger partial charge >= 0.3 is 0 Å². The summed E-state index contributed by atoms with van der Waals surface area (Å²) in [7, 11) is 1.74. The van der Waals surface area contributed by atoms with E-state index in [-0.39, 0.29) is 23.8 Å². The maximum Gasteiger partial charge on any atom is 0.254 e. The molecule has 0 radical (unpaired) electrons. The Balaban J connectivity index is 1.53. The number of nitrogens with one attached hydrogen (secondary N) is 2. The molecular weight excluding hydrogens is 461 g/mol. The monoisotopic (exact) mass is 477 g/mol. The summed E-state index contributed by atoms with van der Waals surface area (Å²) in [5, 5.41) is 14.0. The van der Waals surface area contributed by atoms with E-state index in [4.69, 9.17) is 0 Å². The maximum absolute atomic E-state index is 13.7. The molecule has 0 atom stereocenters. The summed E-state index contributed by atoms with van der Waals surface area (Å²) in [6.07, 6.45) is 0. The molecule has 3 aromatic rings. The minimum Gasteiger partial charge on any atom is -0.345 e. The van der Waals surface area contributed by atoms with Gasteiger partial charge in [0.05, 0.1) is 17.9 Å². The lowest BCUT2D eigenvalue weighted by Gasteiger charge is -2.07. The number of benzene rings is 2. The van der Waals surface area contributed by atoms with Crippen LogP contribution in [0.25, 0.3) is 0 Å². The van der Waals surface area contributed by atoms with Crippen molar-refractivity contribution in [2.75, 3.05) is 11.1 Å². The fourth-order valence-electron chi connectivity index (χ4n) is 2.42. The molecule has 29 heavy (non-hydrogen) atoms. The molecule has 1 heterocycles. The number of anilines is 1. The predicted molar refractivity (Wildman–Crippen MR) is 112 cm³/mol. The molecule has 0 spiro atoms. The van der Waals surface area contributed by atoms with Crippen LogP contribution in [0.5, 0.6) is 0 Å². The van der Waals surface area contributed by atoms with Crippen LogP contribution >= 0.6 is 27.7 Å². The maximum atomic E-state index is 13.7. The van der Waals surface area contributed by atoms with Crippen LogP contribution in [0, 0.1) is 5.82 Å². The van der Waals surface area contributed by atoms with Crippen LogP contribution in [0.1, 0.15) is 16.2 Å². The summed E-state index contributed by atoms with van der Waals surface area (Å²) in [6, 6.07) is 13.1. The Bertz CT molecular complexity index is 1040. The van der Waals surface area contributed by atoms with Crippen molar-refractivity contribution in [3.8, 4) is 0 Å². The molecule has 0 fully saturated rings. The van der Waals surface area contributed by atoms with Gasteiger partial charge in [0.25, 0.3) is 5.91 Å². The normalized spacial score (nSPS) is 10.6. The molecular formula is C19H17BrFN5O2S. The third kappa shape index (κ3) is 5.64. The number of carbonyl (C=O) groups is 2. The van der Waals surface area contributed by atoms with Gasteiger partial charge in [0.1, 0.15) is 5.82 Å². The summed E-state index contributed by atoms with van der Waals surface area (Å²) < 4.78 is 16.2. The van der Waals surface area contributed by atoms with Gasteiger partial charge in [-0.1, -0.05) is 45.9 Å². The second-order valence-corrected chi connectivity index (χ2v) is 7.83. The fourth-order valence-corrected chi connectivity index (χ4v) is 3.55. The van der Waals surface area contributed by atoms with Gasteiger partial charge in [0, 0.05) is 17.2 Å². The van der Waals surface area contributed by atoms with Crippen molar-refractivity contribution in [2.24, 2.45) is 7.05 Å². The van der Waals surface area contributed by atoms with Gasteiger partial charge in [-0.15, -0.1) is 10.2 Å². The third-order valence-electron chi connectivity index (χ3n) is 3.89. The molecule has 0 saturated carbocycles. The Morgan fingerprint density at radius 2 is 1.97 bits per heavy atom. The number of rotatable bonds is 7. The van der Waals surface area contributed by atoms with Gasteiger partial charge in [-0.05, 0) is 30.3 Å². The van der Waals surface area contributed by atoms with Crippen LogP contribution in [0.15, 0.2) is 58.2 Å². The number of amides is 2. The summed E-state index contributed by atoms with van der Waals surface area (Å²) in [4.78, 5) is 24.2. The smallest absolute Gasteiger partial charge is 0.254 e. The van der Waals surface area contributed by atoms with Crippen molar-refractivity contribution in [3.63, 3.8) is 0 Å². The fraction of sp³-hybridized carbons (Fsp3) is 0.158. The highest BCUT2D eigenvalue weighted by Gasteiger charge is 2.14. The van der Waals surface area contributed by atoms with Gasteiger partial charge in [-0.2, -0.15) is 0 Å². The van der Waals surface area contributed by atoms with E-state index in [0.717, 1.165) is 4.47 Å². The largest absolute Gasteiger partial charge is 0.345 e. The Hall–Kier alpha value is -2.72. The van der Waals surface area contributed by atoms with Crippen LogP contribution in [0.2, 0.25) is 0 Å². The van der Waals surface area contributed by atoms with Crippen LogP contribution in [-0.2, 0) is 18.4 Å². The second kappa shape index (κ2) is 9.66. The van der Waals surface area contributed by atoms with Crippen molar-refractivity contribution in [1.82, 2.24) is 20.1 Å². The zero-order chi connectivity index (χ0) is 20.8. The van der Waals surface area contributed by atoms with Gasteiger partial charge in [0.15, 0.2) is 11.0 Å². The molecule has 0 unspecified atom stereocenters. The van der Waals surface area contributed by atoms with E-state index in [2.05, 4.69) is 36.8 Å². The topological polar surface area (TPSA) is 88.9 Å². The first-order valence-electron chi connectivity index (χ1n) is 8.53. The van der Waals surface area contributed by atoms with E-state index in [1.165, 1.54) is 30.0 Å². The van der Waals surface area contributed by atoms with E-state index >= 15 is 0 Å². The molecule has 1 aromatic heterocycles. The van der Waals surface area contributed by atoms with Gasteiger partial charge in [-0.3, -0.25) is 9.59 Å². The summed E-state index contributed by atoms with van der Waals surface area (Å²) >= 11 is 4.58. The van der Waals surface area contributed by atoms with E-state index in [0.29, 0.717) is 16.7 Å². The molecule has 2 aromatic carbocycles. The van der Waals surface area contributed by atoms with E-state index < -0.39 is 11.7 Å². The van der Waals surface area contributed by atoms with Crippen molar-refractivity contribution in [3.05, 3.63) is 70.2 Å². The minimum atomic E-state index is -0.587. The SMILES string of the molecule is Cn1c(CNC(=O)c2ccccc2F)nnc1SCC(=O)Nc1cccc(Br)c1. The average molecular weight is 478 g/mol. The summed E-state index contributed by atoms with van der Waals surface area (Å²) in [6.45, 7) is 0.0848. The van der Waals surface area contributed by atoms with Gasteiger partial charge in [0.2, 0.25) is 5.91 Å². The highest BCUT2D eigenvalue weighted by molar-refractivity contribution is 9.10. The van der Waals surface area contributed by atoms with Crippen molar-refractivity contribution in [1.29, 1.82) is 0 Å². The van der Waals surface area contributed by atoms with Crippen molar-refractivity contribution < 1.29 is 14.0 Å². The van der Waals surface area contributed by atoms with E-state index in [1.807, 2.05) is 12.1 Å². The lowest BCUT2D eigenvalue weighted by molar-refractivity contribution is -0.113. The number of thioether (sulfide) groups is 1. The lowest BCUT2D eigenvalue weighted by atomic mass is 10.2. The molecule has 2 amide bonds. The molecule has 2 N–H and O–H groups in total. The number of carbonyl (C=O) groups excluding carboxylic acids is 2. The number of halogens is 2. The molecule has 3 rings (SSSR count). The molecule has 10 heteroatoms. The Morgan fingerprint density at radius 3 is 2.72 bits per heavy atom. The van der Waals surface area contributed by atoms with Crippen LogP contribution in [0.3, 0.4) is 0 Å². The molecule has 0 aliphatic rings. The number of hydrogen-bond acceptors (Lipinski definition) is 5. The quantitative estimate of drug-likeness (QED) is 0.509. The minimum absolute atomic E-state index is 0.0338. The Kier molecular flexibility index (Phi) is 6.99. The first kappa shape index (κ1) is 21.0. The highest BCUT2D eigenvalue weighted by atomic mass is 79.9. The van der Waals surface area contributed by atoms with Crippen molar-refractivity contribution >= 4 is 45.2 Å². The zero-order valence-electron chi connectivity index (χ0n) is 15.4. The predicted octanol–water partition coefficient (Wildman–Crippen LogP) is 3.38. The first-order chi connectivity index (χ1) is 13.9. The van der Waals surface area contributed by atoms with Gasteiger partial charge in [-0.25, -0.2) is 4.39 Å². The van der Waals surface area contributed by atoms with Crippen molar-refractivity contribution in [2.45, 2.75) is 11.7 Å². The number of hydrogen-bond donors (Lipinski definition) is 2. The molecule has 0 aliphatic heterocycles. The molecule has 0 aliphatic carbocycles. The number of nitrogens with zero attached hydrogens (tertiary/aromatic N) is 3. The van der Waals surface area contributed by atoms with Gasteiger partial charge < -0.3 is 15.2 Å². The van der Waals surface area contributed by atoms with Crippen LogP contribution in [-0.4, -0.2) is 32.3 Å². The van der Waals surface area contributed by atoms with Crippen LogP contribution < -0.4 is 10.6 Å². The molecule has 0 bridgehead atoms.